The molecule has 2 aromatic carbocycles. The molecule has 0 aliphatic carbocycles. The molecule has 0 spiro atoms. The third-order valence-corrected chi connectivity index (χ3v) is 3.66. The van der Waals surface area contributed by atoms with Crippen molar-refractivity contribution < 1.29 is 26.7 Å². The SMILES string of the molecule is NS(=O)(=O)Cc1ccc(NC(=O)c2ccc(OC(F)F)cc2)cc1. The number of alkyl halides is 2. The molecule has 0 saturated heterocycles. The van der Waals surface area contributed by atoms with E-state index in [1.54, 1.807) is 0 Å². The van der Waals surface area contributed by atoms with E-state index in [4.69, 9.17) is 5.14 Å². The number of sulfonamides is 1. The third kappa shape index (κ3) is 5.60. The molecule has 1 amide bonds. The quantitative estimate of drug-likeness (QED) is 0.830. The van der Waals surface area contributed by atoms with Crippen LogP contribution in [0.25, 0.3) is 0 Å². The summed E-state index contributed by atoms with van der Waals surface area (Å²) >= 11 is 0. The molecule has 6 nitrogen and oxygen atoms in total. The molecule has 2 rings (SSSR count). The first-order valence-corrected chi connectivity index (χ1v) is 8.40. The van der Waals surface area contributed by atoms with Gasteiger partial charge in [0.1, 0.15) is 5.75 Å². The Kier molecular flexibility index (Phi) is 5.47. The van der Waals surface area contributed by atoms with E-state index in [9.17, 15) is 22.0 Å². The van der Waals surface area contributed by atoms with E-state index in [2.05, 4.69) is 10.1 Å². The molecule has 24 heavy (non-hydrogen) atoms. The first-order valence-electron chi connectivity index (χ1n) is 6.68. The summed E-state index contributed by atoms with van der Waals surface area (Å²) in [7, 11) is -3.62. The lowest BCUT2D eigenvalue weighted by atomic mass is 10.2. The van der Waals surface area contributed by atoms with Crippen LogP contribution in [-0.4, -0.2) is 20.9 Å². The molecule has 0 aliphatic rings. The Hall–Kier alpha value is -2.52. The summed E-state index contributed by atoms with van der Waals surface area (Å²) in [5.74, 6) is -0.793. The number of hydrogen-bond acceptors (Lipinski definition) is 4. The minimum Gasteiger partial charge on any atom is -0.435 e. The number of ether oxygens (including phenoxy) is 1. The zero-order valence-corrected chi connectivity index (χ0v) is 13.1. The van der Waals surface area contributed by atoms with Crippen LogP contribution in [0.1, 0.15) is 15.9 Å². The molecule has 128 valence electrons. The summed E-state index contributed by atoms with van der Waals surface area (Å²) in [5, 5.41) is 7.55. The van der Waals surface area contributed by atoms with Crippen molar-refractivity contribution in [3.05, 3.63) is 59.7 Å². The van der Waals surface area contributed by atoms with Crippen LogP contribution in [0.15, 0.2) is 48.5 Å². The fourth-order valence-corrected chi connectivity index (χ4v) is 2.56. The third-order valence-electron chi connectivity index (χ3n) is 2.92. The molecular weight excluding hydrogens is 342 g/mol. The summed E-state index contributed by atoms with van der Waals surface area (Å²) in [6.45, 7) is -2.93. The second kappa shape index (κ2) is 7.37. The number of nitrogens with one attached hydrogen (secondary N) is 1. The Morgan fingerprint density at radius 2 is 1.67 bits per heavy atom. The molecule has 0 aromatic heterocycles. The van der Waals surface area contributed by atoms with Crippen LogP contribution < -0.4 is 15.2 Å². The maximum absolute atomic E-state index is 12.1. The van der Waals surface area contributed by atoms with Crippen LogP contribution in [0, 0.1) is 0 Å². The molecule has 0 aliphatic heterocycles. The number of rotatable bonds is 6. The smallest absolute Gasteiger partial charge is 0.387 e. The van der Waals surface area contributed by atoms with Gasteiger partial charge in [0.2, 0.25) is 10.0 Å². The van der Waals surface area contributed by atoms with Crippen molar-refractivity contribution in [1.29, 1.82) is 0 Å². The summed E-state index contributed by atoms with van der Waals surface area (Å²) in [6.07, 6.45) is 0. The first-order chi connectivity index (χ1) is 11.2. The number of carbonyl (C=O) groups is 1. The first kappa shape index (κ1) is 17.8. The van der Waals surface area contributed by atoms with Gasteiger partial charge in [-0.1, -0.05) is 12.1 Å². The van der Waals surface area contributed by atoms with Crippen molar-refractivity contribution in [2.45, 2.75) is 12.4 Å². The zero-order valence-electron chi connectivity index (χ0n) is 12.3. The largest absolute Gasteiger partial charge is 0.435 e. The van der Waals surface area contributed by atoms with Crippen LogP contribution in [0.4, 0.5) is 14.5 Å². The molecular formula is C15H14F2N2O4S. The van der Waals surface area contributed by atoms with Gasteiger partial charge in [0.15, 0.2) is 0 Å². The lowest BCUT2D eigenvalue weighted by Crippen LogP contribution is -2.15. The van der Waals surface area contributed by atoms with E-state index in [0.29, 0.717) is 11.3 Å². The van der Waals surface area contributed by atoms with Crippen LogP contribution in [-0.2, 0) is 15.8 Å². The van der Waals surface area contributed by atoms with Crippen molar-refractivity contribution in [3.63, 3.8) is 0 Å². The highest BCUT2D eigenvalue weighted by Gasteiger charge is 2.09. The zero-order chi connectivity index (χ0) is 17.7. The van der Waals surface area contributed by atoms with E-state index in [0.717, 1.165) is 0 Å². The maximum Gasteiger partial charge on any atom is 0.387 e. The number of primary sulfonamides is 1. The van der Waals surface area contributed by atoms with Crippen LogP contribution >= 0.6 is 0 Å². The second-order valence-electron chi connectivity index (χ2n) is 4.86. The fourth-order valence-electron chi connectivity index (χ4n) is 1.91. The standard InChI is InChI=1S/C15H14F2N2O4S/c16-15(17)23-13-7-3-11(4-8-13)14(20)19-12-5-1-10(2-6-12)9-24(18,21)22/h1-8,15H,9H2,(H,19,20)(H2,18,21,22). The van der Waals surface area contributed by atoms with Gasteiger partial charge in [0.25, 0.3) is 5.91 Å². The summed E-state index contributed by atoms with van der Waals surface area (Å²) in [5.41, 5.74) is 1.19. The van der Waals surface area contributed by atoms with E-state index in [1.165, 1.54) is 48.5 Å². The van der Waals surface area contributed by atoms with Crippen LogP contribution in [0.2, 0.25) is 0 Å². The number of carbonyl (C=O) groups excluding carboxylic acids is 1. The van der Waals surface area contributed by atoms with Gasteiger partial charge in [-0.15, -0.1) is 0 Å². The number of halogens is 2. The van der Waals surface area contributed by atoms with Gasteiger partial charge in [-0.05, 0) is 42.0 Å². The monoisotopic (exact) mass is 356 g/mol. The molecule has 0 atom stereocenters. The number of hydrogen-bond donors (Lipinski definition) is 2. The highest BCUT2D eigenvalue weighted by atomic mass is 32.2. The van der Waals surface area contributed by atoms with Crippen molar-refractivity contribution in [2.24, 2.45) is 5.14 Å². The molecule has 0 saturated carbocycles. The molecule has 0 heterocycles. The van der Waals surface area contributed by atoms with E-state index in [1.807, 2.05) is 0 Å². The predicted molar refractivity (Wildman–Crippen MR) is 84.3 cm³/mol. The van der Waals surface area contributed by atoms with Crippen molar-refractivity contribution in [1.82, 2.24) is 0 Å². The van der Waals surface area contributed by atoms with Crippen molar-refractivity contribution in [2.75, 3.05) is 5.32 Å². The number of anilines is 1. The minimum absolute atomic E-state index is 0.0473. The molecule has 2 aromatic rings. The number of amides is 1. The number of nitrogens with two attached hydrogens (primary N) is 1. The summed E-state index contributed by atoms with van der Waals surface area (Å²) in [4.78, 5) is 12.0. The predicted octanol–water partition coefficient (Wildman–Crippen LogP) is 2.33. The fraction of sp³-hybridized carbons (Fsp3) is 0.133. The average Bonchev–Trinajstić information content (AvgIpc) is 2.48. The van der Waals surface area contributed by atoms with Gasteiger partial charge in [-0.25, -0.2) is 13.6 Å². The Bertz CT molecular complexity index is 806. The normalized spacial score (nSPS) is 11.3. The van der Waals surface area contributed by atoms with Gasteiger partial charge >= 0.3 is 6.61 Å². The average molecular weight is 356 g/mol. The summed E-state index contributed by atoms with van der Waals surface area (Å²) in [6, 6.07) is 11.3. The minimum atomic E-state index is -3.62. The highest BCUT2D eigenvalue weighted by molar-refractivity contribution is 7.88. The van der Waals surface area contributed by atoms with Gasteiger partial charge in [0, 0.05) is 11.3 Å². The molecule has 9 heteroatoms. The molecule has 0 unspecified atom stereocenters. The van der Waals surface area contributed by atoms with Gasteiger partial charge < -0.3 is 10.1 Å². The van der Waals surface area contributed by atoms with E-state index in [-0.39, 0.29) is 17.1 Å². The van der Waals surface area contributed by atoms with E-state index >= 15 is 0 Å². The Morgan fingerprint density at radius 3 is 2.17 bits per heavy atom. The van der Waals surface area contributed by atoms with Crippen molar-refractivity contribution in [3.8, 4) is 5.75 Å². The number of benzene rings is 2. The molecule has 0 fully saturated rings. The molecule has 0 bridgehead atoms. The second-order valence-corrected chi connectivity index (χ2v) is 6.48. The molecule has 3 N–H and O–H groups in total. The van der Waals surface area contributed by atoms with Gasteiger partial charge in [-0.3, -0.25) is 4.79 Å². The van der Waals surface area contributed by atoms with E-state index < -0.39 is 22.5 Å². The highest BCUT2D eigenvalue weighted by Crippen LogP contribution is 2.17. The van der Waals surface area contributed by atoms with Crippen LogP contribution in [0.3, 0.4) is 0 Å². The van der Waals surface area contributed by atoms with Gasteiger partial charge in [0.05, 0.1) is 5.75 Å². The Labute approximate surface area is 137 Å². The Balaban J connectivity index is 2.01. The summed E-state index contributed by atoms with van der Waals surface area (Å²) < 4.78 is 50.3. The van der Waals surface area contributed by atoms with Crippen molar-refractivity contribution >= 4 is 21.6 Å². The topological polar surface area (TPSA) is 98.5 Å². The lowest BCUT2D eigenvalue weighted by molar-refractivity contribution is -0.0498. The Morgan fingerprint density at radius 1 is 1.08 bits per heavy atom. The maximum atomic E-state index is 12.1. The lowest BCUT2D eigenvalue weighted by Gasteiger charge is -2.08. The molecule has 0 radical (unpaired) electrons. The van der Waals surface area contributed by atoms with Gasteiger partial charge in [-0.2, -0.15) is 8.78 Å². The van der Waals surface area contributed by atoms with Crippen LogP contribution in [0.5, 0.6) is 5.75 Å².